The molecule has 0 aromatic heterocycles. The van der Waals surface area contributed by atoms with Crippen molar-refractivity contribution in [2.24, 2.45) is 5.92 Å². The molecule has 4 heteroatoms. The smallest absolute Gasteiger partial charge is 0.407 e. The maximum absolute atomic E-state index is 11.8. The van der Waals surface area contributed by atoms with E-state index in [1.54, 1.807) is 0 Å². The molecule has 0 saturated heterocycles. The van der Waals surface area contributed by atoms with Gasteiger partial charge < -0.3 is 15.4 Å². The summed E-state index contributed by atoms with van der Waals surface area (Å²) in [6.07, 6.45) is 3.20. The van der Waals surface area contributed by atoms with E-state index < -0.39 is 5.60 Å². The van der Waals surface area contributed by atoms with Gasteiger partial charge in [0.1, 0.15) is 5.60 Å². The van der Waals surface area contributed by atoms with Crippen molar-refractivity contribution in [3.63, 3.8) is 0 Å². The number of hydrogen-bond acceptors (Lipinski definition) is 3. The Bertz CT molecular complexity index is 534. The Morgan fingerprint density at radius 1 is 1.25 bits per heavy atom. The van der Waals surface area contributed by atoms with E-state index in [2.05, 4.69) is 48.7 Å². The van der Waals surface area contributed by atoms with Crippen molar-refractivity contribution in [2.75, 3.05) is 6.54 Å². The number of nitrogens with one attached hydrogen (secondary N) is 2. The molecule has 24 heavy (non-hydrogen) atoms. The number of benzene rings is 1. The molecule has 0 aliphatic heterocycles. The highest BCUT2D eigenvalue weighted by molar-refractivity contribution is 5.67. The van der Waals surface area contributed by atoms with Gasteiger partial charge in [-0.1, -0.05) is 36.2 Å². The third-order valence-electron chi connectivity index (χ3n) is 4.61. The fourth-order valence-electron chi connectivity index (χ4n) is 3.30. The van der Waals surface area contributed by atoms with Gasteiger partial charge in [0, 0.05) is 18.6 Å². The summed E-state index contributed by atoms with van der Waals surface area (Å²) in [5.74, 6) is 0.463. The van der Waals surface area contributed by atoms with Gasteiger partial charge in [0.2, 0.25) is 0 Å². The van der Waals surface area contributed by atoms with Crippen LogP contribution in [0.25, 0.3) is 0 Å². The van der Waals surface area contributed by atoms with Gasteiger partial charge in [0.05, 0.1) is 0 Å². The van der Waals surface area contributed by atoms with Crippen LogP contribution in [0.5, 0.6) is 0 Å². The predicted octanol–water partition coefficient (Wildman–Crippen LogP) is 4.34. The molecule has 4 nitrogen and oxygen atoms in total. The lowest BCUT2D eigenvalue weighted by molar-refractivity contribution is 0.0517. The second-order valence-corrected chi connectivity index (χ2v) is 7.98. The molecule has 2 rings (SSSR count). The first-order valence-corrected chi connectivity index (χ1v) is 9.04. The Balaban J connectivity index is 1.84. The van der Waals surface area contributed by atoms with E-state index in [1.807, 2.05) is 20.8 Å². The largest absolute Gasteiger partial charge is 0.444 e. The molecule has 0 radical (unpaired) electrons. The topological polar surface area (TPSA) is 50.4 Å². The zero-order valence-corrected chi connectivity index (χ0v) is 15.7. The molecule has 1 amide bonds. The Morgan fingerprint density at radius 3 is 2.54 bits per heavy atom. The lowest BCUT2D eigenvalue weighted by Gasteiger charge is -2.26. The molecule has 1 aliphatic carbocycles. The lowest BCUT2D eigenvalue weighted by atomic mass is 10.0. The van der Waals surface area contributed by atoms with E-state index in [0.29, 0.717) is 24.5 Å². The first-order valence-electron chi connectivity index (χ1n) is 9.04. The molecule has 1 aromatic carbocycles. The highest BCUT2D eigenvalue weighted by Gasteiger charge is 2.29. The summed E-state index contributed by atoms with van der Waals surface area (Å²) >= 11 is 0. The second-order valence-electron chi connectivity index (χ2n) is 7.98. The van der Waals surface area contributed by atoms with Crippen LogP contribution >= 0.6 is 0 Å². The maximum atomic E-state index is 11.8. The number of carbonyl (C=O) groups excluding carboxylic acids is 1. The van der Waals surface area contributed by atoms with Gasteiger partial charge in [-0.2, -0.15) is 0 Å². The highest BCUT2D eigenvalue weighted by Crippen LogP contribution is 2.27. The van der Waals surface area contributed by atoms with E-state index >= 15 is 0 Å². The number of aryl methyl sites for hydroxylation is 1. The summed E-state index contributed by atoms with van der Waals surface area (Å²) in [7, 11) is 0. The summed E-state index contributed by atoms with van der Waals surface area (Å²) in [5.41, 5.74) is 2.15. The minimum absolute atomic E-state index is 0.317. The van der Waals surface area contributed by atoms with Gasteiger partial charge in [-0.05, 0) is 58.9 Å². The average Bonchev–Trinajstić information content (AvgIpc) is 2.91. The fourth-order valence-corrected chi connectivity index (χ4v) is 3.30. The van der Waals surface area contributed by atoms with E-state index in [4.69, 9.17) is 4.74 Å². The van der Waals surface area contributed by atoms with Crippen LogP contribution in [0.1, 0.15) is 64.1 Å². The molecule has 134 valence electrons. The molecule has 1 aromatic rings. The molecule has 2 unspecified atom stereocenters. The minimum Gasteiger partial charge on any atom is -0.444 e. The second kappa shape index (κ2) is 8.02. The van der Waals surface area contributed by atoms with Gasteiger partial charge in [0.15, 0.2) is 0 Å². The Labute approximate surface area is 146 Å². The molecule has 0 heterocycles. The summed E-state index contributed by atoms with van der Waals surface area (Å²) in [6, 6.07) is 9.45. The van der Waals surface area contributed by atoms with Gasteiger partial charge >= 0.3 is 6.09 Å². The molecule has 0 bridgehead atoms. The van der Waals surface area contributed by atoms with Crippen LogP contribution in [0.2, 0.25) is 0 Å². The Kier molecular flexibility index (Phi) is 6.27. The van der Waals surface area contributed by atoms with E-state index in [9.17, 15) is 4.79 Å². The van der Waals surface area contributed by atoms with Crippen LogP contribution in [0.3, 0.4) is 0 Å². The van der Waals surface area contributed by atoms with E-state index in [0.717, 1.165) is 12.8 Å². The van der Waals surface area contributed by atoms with Crippen molar-refractivity contribution in [2.45, 2.75) is 71.6 Å². The first kappa shape index (κ1) is 18.8. The van der Waals surface area contributed by atoms with E-state index in [1.165, 1.54) is 17.5 Å². The van der Waals surface area contributed by atoms with Crippen LogP contribution in [-0.2, 0) is 4.74 Å². The number of rotatable bonds is 5. The van der Waals surface area contributed by atoms with E-state index in [-0.39, 0.29) is 6.09 Å². The number of carbonyl (C=O) groups is 1. The zero-order chi connectivity index (χ0) is 17.7. The first-order chi connectivity index (χ1) is 11.2. The fraction of sp³-hybridized carbons (Fsp3) is 0.650. The number of alkyl carbamates (subject to hydrolysis) is 1. The van der Waals surface area contributed by atoms with Crippen molar-refractivity contribution < 1.29 is 9.53 Å². The molecular formula is C20H32N2O2. The van der Waals surface area contributed by atoms with Crippen molar-refractivity contribution in [1.29, 1.82) is 0 Å². The van der Waals surface area contributed by atoms with Crippen LogP contribution < -0.4 is 10.6 Å². The molecule has 1 fully saturated rings. The molecule has 2 N–H and O–H groups in total. The molecular weight excluding hydrogens is 300 g/mol. The van der Waals surface area contributed by atoms with Gasteiger partial charge in [0.25, 0.3) is 0 Å². The van der Waals surface area contributed by atoms with Crippen molar-refractivity contribution in [3.8, 4) is 0 Å². The zero-order valence-electron chi connectivity index (χ0n) is 15.7. The van der Waals surface area contributed by atoms with Crippen LogP contribution in [0, 0.1) is 12.8 Å². The number of hydrogen-bond donors (Lipinski definition) is 2. The Hall–Kier alpha value is -1.55. The van der Waals surface area contributed by atoms with Crippen LogP contribution in [0.15, 0.2) is 24.3 Å². The third-order valence-corrected chi connectivity index (χ3v) is 4.61. The van der Waals surface area contributed by atoms with Gasteiger partial charge in [-0.15, -0.1) is 0 Å². The lowest BCUT2D eigenvalue weighted by Crippen LogP contribution is -2.41. The van der Waals surface area contributed by atoms with Crippen LogP contribution in [-0.4, -0.2) is 24.3 Å². The maximum Gasteiger partial charge on any atom is 0.407 e. The molecule has 1 aliphatic rings. The molecule has 0 spiro atoms. The highest BCUT2D eigenvalue weighted by atomic mass is 16.6. The van der Waals surface area contributed by atoms with Gasteiger partial charge in [-0.3, -0.25) is 0 Å². The van der Waals surface area contributed by atoms with Crippen molar-refractivity contribution in [3.05, 3.63) is 35.4 Å². The van der Waals surface area contributed by atoms with Crippen molar-refractivity contribution >= 4 is 6.09 Å². The quantitative estimate of drug-likeness (QED) is 0.843. The molecule has 3 atom stereocenters. The summed E-state index contributed by atoms with van der Waals surface area (Å²) < 4.78 is 5.32. The van der Waals surface area contributed by atoms with Gasteiger partial charge in [-0.25, -0.2) is 4.79 Å². The Morgan fingerprint density at radius 2 is 1.92 bits per heavy atom. The third kappa shape index (κ3) is 5.82. The molecule has 1 saturated carbocycles. The summed E-state index contributed by atoms with van der Waals surface area (Å²) in [6.45, 7) is 10.6. The predicted molar refractivity (Wildman–Crippen MR) is 98.1 cm³/mol. The summed E-state index contributed by atoms with van der Waals surface area (Å²) in [5, 5.41) is 6.67. The summed E-state index contributed by atoms with van der Waals surface area (Å²) in [4.78, 5) is 11.8. The minimum atomic E-state index is -0.447. The monoisotopic (exact) mass is 332 g/mol. The average molecular weight is 332 g/mol. The SMILES string of the molecule is Cc1ccc([C@@H](C)NC2CCCC2CNC(=O)OC(C)(C)C)cc1. The van der Waals surface area contributed by atoms with Crippen LogP contribution in [0.4, 0.5) is 4.79 Å². The normalized spacial score (nSPS) is 22.2. The number of ether oxygens (including phenoxy) is 1. The van der Waals surface area contributed by atoms with Crippen molar-refractivity contribution in [1.82, 2.24) is 10.6 Å². The number of amides is 1. The standard InChI is InChI=1S/C20H32N2O2/c1-14-9-11-16(12-10-14)15(2)22-18-8-6-7-17(18)13-21-19(23)24-20(3,4)5/h9-12,15,17-18,22H,6-8,13H2,1-5H3,(H,21,23)/t15-,17?,18?/m1/s1.